The predicted molar refractivity (Wildman–Crippen MR) is 90.9 cm³/mol. The third-order valence-corrected chi connectivity index (χ3v) is 3.64. The molecule has 0 radical (unpaired) electrons. The monoisotopic (exact) mass is 341 g/mol. The van der Waals surface area contributed by atoms with Crippen LogP contribution in [0.3, 0.4) is 0 Å². The van der Waals surface area contributed by atoms with Gasteiger partial charge in [0.15, 0.2) is 5.76 Å². The van der Waals surface area contributed by atoms with Gasteiger partial charge in [-0.25, -0.2) is 9.78 Å². The summed E-state index contributed by atoms with van der Waals surface area (Å²) in [6.07, 6.45) is 1.55. The van der Waals surface area contributed by atoms with Gasteiger partial charge in [-0.15, -0.1) is 5.10 Å². The highest BCUT2D eigenvalue weighted by Crippen LogP contribution is 2.24. The molecule has 8 heteroatoms. The molecule has 3 N–H and O–H groups in total. The lowest BCUT2D eigenvalue weighted by Crippen LogP contribution is -2.37. The Morgan fingerprint density at radius 3 is 2.92 bits per heavy atom. The van der Waals surface area contributed by atoms with E-state index >= 15 is 0 Å². The molecular formula is C17H19N5O3. The number of rotatable bonds is 6. The third-order valence-electron chi connectivity index (χ3n) is 3.64. The number of furan rings is 1. The number of nitrogens with one attached hydrogen (secondary N) is 3. The number of methoxy groups -OCH3 is 1. The van der Waals surface area contributed by atoms with E-state index in [1.165, 1.54) is 0 Å². The number of para-hydroxylation sites is 1. The molecule has 2 amide bonds. The summed E-state index contributed by atoms with van der Waals surface area (Å²) in [5.41, 5.74) is 0.903. The van der Waals surface area contributed by atoms with Crippen LogP contribution in [0.15, 0.2) is 47.1 Å². The second-order valence-electron chi connectivity index (χ2n) is 5.37. The van der Waals surface area contributed by atoms with E-state index in [0.29, 0.717) is 17.4 Å². The van der Waals surface area contributed by atoms with Gasteiger partial charge in [-0.1, -0.05) is 18.2 Å². The molecule has 8 nitrogen and oxygen atoms in total. The van der Waals surface area contributed by atoms with Gasteiger partial charge in [0, 0.05) is 5.56 Å². The van der Waals surface area contributed by atoms with Gasteiger partial charge >= 0.3 is 6.03 Å². The van der Waals surface area contributed by atoms with Crippen LogP contribution in [0.5, 0.6) is 5.75 Å². The van der Waals surface area contributed by atoms with Crippen LogP contribution >= 0.6 is 0 Å². The summed E-state index contributed by atoms with van der Waals surface area (Å²) in [6, 6.07) is 10.6. The molecule has 1 aromatic carbocycles. The van der Waals surface area contributed by atoms with Crippen LogP contribution in [0.25, 0.3) is 11.6 Å². The zero-order chi connectivity index (χ0) is 17.6. The zero-order valence-electron chi connectivity index (χ0n) is 13.9. The molecule has 1 unspecified atom stereocenters. The molecule has 0 aliphatic carbocycles. The van der Waals surface area contributed by atoms with Crippen molar-refractivity contribution in [3.63, 3.8) is 0 Å². The summed E-state index contributed by atoms with van der Waals surface area (Å²) >= 11 is 0. The first kappa shape index (κ1) is 16.6. The fraction of sp³-hybridized carbons (Fsp3) is 0.235. The summed E-state index contributed by atoms with van der Waals surface area (Å²) in [5, 5.41) is 12.4. The average Bonchev–Trinajstić information content (AvgIpc) is 3.31. The number of benzene rings is 1. The number of aromatic nitrogens is 3. The van der Waals surface area contributed by atoms with E-state index in [4.69, 9.17) is 9.15 Å². The largest absolute Gasteiger partial charge is 0.496 e. The first-order valence-corrected chi connectivity index (χ1v) is 7.80. The van der Waals surface area contributed by atoms with E-state index in [0.717, 1.165) is 11.3 Å². The molecule has 130 valence electrons. The van der Waals surface area contributed by atoms with Crippen molar-refractivity contribution in [3.8, 4) is 17.3 Å². The number of ether oxygens (including phenoxy) is 1. The maximum Gasteiger partial charge on any atom is 0.315 e. The molecule has 3 rings (SSSR count). The number of H-pyrrole nitrogens is 1. The number of aromatic amines is 1. The Labute approximate surface area is 144 Å². The normalized spacial score (nSPS) is 11.8. The SMILES string of the molecule is COc1ccccc1C(C)NC(=O)NCc1nc(-c2ccco2)n[nH]1. The Balaban J connectivity index is 1.54. The molecule has 3 aromatic rings. The van der Waals surface area contributed by atoms with E-state index < -0.39 is 0 Å². The number of urea groups is 1. The van der Waals surface area contributed by atoms with Crippen molar-refractivity contribution < 1.29 is 13.9 Å². The van der Waals surface area contributed by atoms with E-state index in [2.05, 4.69) is 25.8 Å². The number of amides is 2. The minimum atomic E-state index is -0.311. The lowest BCUT2D eigenvalue weighted by Gasteiger charge is -2.17. The van der Waals surface area contributed by atoms with Gasteiger partial charge in [-0.2, -0.15) is 0 Å². The van der Waals surface area contributed by atoms with E-state index in [9.17, 15) is 4.79 Å². The van der Waals surface area contributed by atoms with Crippen molar-refractivity contribution >= 4 is 6.03 Å². The molecule has 0 aliphatic heterocycles. The van der Waals surface area contributed by atoms with Crippen molar-refractivity contribution in [1.82, 2.24) is 25.8 Å². The van der Waals surface area contributed by atoms with Gasteiger partial charge in [-0.3, -0.25) is 5.10 Å². The fourth-order valence-electron chi connectivity index (χ4n) is 2.40. The van der Waals surface area contributed by atoms with E-state index in [1.807, 2.05) is 31.2 Å². The van der Waals surface area contributed by atoms with Crippen molar-refractivity contribution in [1.29, 1.82) is 0 Å². The predicted octanol–water partition coefficient (Wildman–Crippen LogP) is 2.63. The van der Waals surface area contributed by atoms with Gasteiger partial charge in [0.05, 0.1) is 26.0 Å². The van der Waals surface area contributed by atoms with Crippen molar-refractivity contribution in [2.24, 2.45) is 0 Å². The Hall–Kier alpha value is -3.29. The smallest absolute Gasteiger partial charge is 0.315 e. The molecule has 0 bridgehead atoms. The van der Waals surface area contributed by atoms with Crippen LogP contribution in [0.4, 0.5) is 4.79 Å². The molecule has 0 saturated heterocycles. The Bertz CT molecular complexity index is 828. The molecule has 2 heterocycles. The van der Waals surface area contributed by atoms with Crippen LogP contribution in [0.1, 0.15) is 24.4 Å². The maximum absolute atomic E-state index is 12.1. The zero-order valence-corrected chi connectivity index (χ0v) is 13.9. The van der Waals surface area contributed by atoms with Gasteiger partial charge in [0.25, 0.3) is 0 Å². The summed E-state index contributed by atoms with van der Waals surface area (Å²) in [4.78, 5) is 16.4. The molecule has 2 aromatic heterocycles. The van der Waals surface area contributed by atoms with Crippen LogP contribution in [-0.4, -0.2) is 28.3 Å². The number of nitrogens with zero attached hydrogens (tertiary/aromatic N) is 2. The van der Waals surface area contributed by atoms with Gasteiger partial charge < -0.3 is 19.8 Å². The summed E-state index contributed by atoms with van der Waals surface area (Å²) < 4.78 is 10.5. The lowest BCUT2D eigenvalue weighted by atomic mass is 10.1. The molecule has 25 heavy (non-hydrogen) atoms. The van der Waals surface area contributed by atoms with Crippen molar-refractivity contribution in [3.05, 3.63) is 54.0 Å². The van der Waals surface area contributed by atoms with Crippen LogP contribution in [-0.2, 0) is 6.54 Å². The van der Waals surface area contributed by atoms with Crippen LogP contribution < -0.4 is 15.4 Å². The second-order valence-corrected chi connectivity index (χ2v) is 5.37. The quantitative estimate of drug-likeness (QED) is 0.639. The van der Waals surface area contributed by atoms with Crippen LogP contribution in [0.2, 0.25) is 0 Å². The standard InChI is InChI=1S/C17H19N5O3/c1-11(12-6-3-4-7-13(12)24-2)19-17(23)18-10-15-20-16(22-21-15)14-8-5-9-25-14/h3-9,11H,10H2,1-2H3,(H2,18,19,23)(H,20,21,22). The number of hydrogen-bond acceptors (Lipinski definition) is 5. The average molecular weight is 341 g/mol. The topological polar surface area (TPSA) is 105 Å². The maximum atomic E-state index is 12.1. The minimum Gasteiger partial charge on any atom is -0.496 e. The highest BCUT2D eigenvalue weighted by molar-refractivity contribution is 5.74. The van der Waals surface area contributed by atoms with E-state index in [-0.39, 0.29) is 18.6 Å². The van der Waals surface area contributed by atoms with Gasteiger partial charge in [0.2, 0.25) is 5.82 Å². The Morgan fingerprint density at radius 2 is 2.16 bits per heavy atom. The highest BCUT2D eigenvalue weighted by atomic mass is 16.5. The highest BCUT2D eigenvalue weighted by Gasteiger charge is 2.14. The second kappa shape index (κ2) is 7.52. The molecule has 0 saturated carbocycles. The third kappa shape index (κ3) is 3.97. The van der Waals surface area contributed by atoms with E-state index in [1.54, 1.807) is 25.5 Å². The summed E-state index contributed by atoms with van der Waals surface area (Å²) in [5.74, 6) is 2.28. The minimum absolute atomic E-state index is 0.204. The molecule has 0 fully saturated rings. The number of carbonyl (C=O) groups is 1. The van der Waals surface area contributed by atoms with Gasteiger partial charge in [0.1, 0.15) is 11.6 Å². The molecule has 0 aliphatic rings. The first-order chi connectivity index (χ1) is 12.2. The summed E-state index contributed by atoms with van der Waals surface area (Å²) in [6.45, 7) is 2.11. The van der Waals surface area contributed by atoms with Crippen molar-refractivity contribution in [2.45, 2.75) is 19.5 Å². The molecular weight excluding hydrogens is 322 g/mol. The molecule has 0 spiro atoms. The molecule has 1 atom stereocenters. The number of carbonyl (C=O) groups excluding carboxylic acids is 1. The Morgan fingerprint density at radius 1 is 1.32 bits per heavy atom. The van der Waals surface area contributed by atoms with Gasteiger partial charge in [-0.05, 0) is 25.1 Å². The van der Waals surface area contributed by atoms with Crippen LogP contribution in [0, 0.1) is 0 Å². The lowest BCUT2D eigenvalue weighted by molar-refractivity contribution is 0.237. The number of hydrogen-bond donors (Lipinski definition) is 3. The fourth-order valence-corrected chi connectivity index (χ4v) is 2.40. The Kier molecular flexibility index (Phi) is 4.98. The van der Waals surface area contributed by atoms with Crippen molar-refractivity contribution in [2.75, 3.05) is 7.11 Å². The summed E-state index contributed by atoms with van der Waals surface area (Å²) in [7, 11) is 1.60. The first-order valence-electron chi connectivity index (χ1n) is 7.80.